The molecule has 0 radical (unpaired) electrons. The van der Waals surface area contributed by atoms with Crippen LogP contribution in [-0.2, 0) is 10.3 Å². The van der Waals surface area contributed by atoms with E-state index in [-0.39, 0.29) is 0 Å². The van der Waals surface area contributed by atoms with Crippen molar-refractivity contribution in [3.8, 4) is 0 Å². The van der Waals surface area contributed by atoms with E-state index in [1.807, 2.05) is 0 Å². The zero-order chi connectivity index (χ0) is 16.5. The van der Waals surface area contributed by atoms with Crippen LogP contribution in [0.15, 0.2) is 0 Å². The van der Waals surface area contributed by atoms with Gasteiger partial charge in [0.05, 0.1) is 0 Å². The van der Waals surface area contributed by atoms with Crippen LogP contribution >= 0.6 is 0 Å². The highest BCUT2D eigenvalue weighted by Gasteiger charge is 2.04. The van der Waals surface area contributed by atoms with Gasteiger partial charge in [0.15, 0.2) is 0 Å². The highest BCUT2D eigenvalue weighted by molar-refractivity contribution is 7.71. The third-order valence-corrected chi connectivity index (χ3v) is 5.07. The Hall–Kier alpha value is -0.310. The van der Waals surface area contributed by atoms with Crippen LogP contribution in [0.4, 0.5) is 0 Å². The highest BCUT2D eigenvalue weighted by atomic mass is 32.2. The van der Waals surface area contributed by atoms with Crippen molar-refractivity contribution >= 4 is 15.7 Å². The Labute approximate surface area is 140 Å². The summed E-state index contributed by atoms with van der Waals surface area (Å²) in [5.74, 6) is 0.557. The minimum atomic E-state index is -1.98. The smallest absolute Gasteiger partial charge is 0.185 e. The first-order chi connectivity index (χ1) is 10.7. The quantitative estimate of drug-likeness (QED) is 0.250. The third kappa shape index (κ3) is 16.1. The fourth-order valence-electron chi connectivity index (χ4n) is 2.98. The maximum Gasteiger partial charge on any atom is 0.209 e. The first-order valence-electron chi connectivity index (χ1n) is 9.62. The molecule has 0 saturated carbocycles. The molecule has 0 spiro atoms. The second-order valence-electron chi connectivity index (χ2n) is 6.61. The zero-order valence-electron chi connectivity index (χ0n) is 15.0. The average molecular weight is 331 g/mol. The first-order valence-corrected chi connectivity index (χ1v) is 10.8. The predicted octanol–water partition coefficient (Wildman–Crippen LogP) is 6.18. The molecule has 22 heavy (non-hydrogen) atoms. The molecule has 0 aliphatic heterocycles. The van der Waals surface area contributed by atoms with Gasteiger partial charge in [-0.1, -0.05) is 104 Å². The maximum absolute atomic E-state index is 10.5. The van der Waals surface area contributed by atoms with Crippen molar-refractivity contribution in [2.75, 3.05) is 0 Å². The van der Waals surface area contributed by atoms with Gasteiger partial charge in [0.1, 0.15) is 0 Å². The summed E-state index contributed by atoms with van der Waals surface area (Å²) < 4.78 is 21.1. The van der Waals surface area contributed by atoms with E-state index in [0.717, 1.165) is 12.8 Å². The molecule has 0 rings (SSSR count). The number of rotatable bonds is 16. The number of hydrogen-bond donors (Lipinski definition) is 0. The van der Waals surface area contributed by atoms with Gasteiger partial charge in [-0.05, 0) is 12.3 Å². The average Bonchev–Trinajstić information content (AvgIpc) is 2.51. The summed E-state index contributed by atoms with van der Waals surface area (Å²) in [4.78, 5) is 0. The van der Waals surface area contributed by atoms with E-state index < -0.39 is 10.3 Å². The molecule has 1 unspecified atom stereocenters. The van der Waals surface area contributed by atoms with Gasteiger partial charge in [-0.2, -0.15) is 8.42 Å². The molecular formula is C19H38O2S. The number of hydrogen-bond acceptors (Lipinski definition) is 2. The predicted molar refractivity (Wildman–Crippen MR) is 99.1 cm³/mol. The number of unbranched alkanes of at least 4 members (excludes halogenated alkanes) is 11. The molecule has 0 fully saturated rings. The van der Waals surface area contributed by atoms with Crippen molar-refractivity contribution < 1.29 is 8.42 Å². The van der Waals surface area contributed by atoms with E-state index >= 15 is 0 Å². The molecule has 0 saturated heterocycles. The minimum absolute atomic E-state index is 0.557. The summed E-state index contributed by atoms with van der Waals surface area (Å²) in [6.45, 7) is 4.43. The van der Waals surface area contributed by atoms with Gasteiger partial charge in [-0.15, -0.1) is 0 Å². The molecule has 132 valence electrons. The molecule has 0 amide bonds. The van der Waals surface area contributed by atoms with Gasteiger partial charge in [0.2, 0.25) is 10.3 Å². The van der Waals surface area contributed by atoms with E-state index in [0.29, 0.717) is 5.92 Å². The Kier molecular flexibility index (Phi) is 16.8. The summed E-state index contributed by atoms with van der Waals surface area (Å²) in [6, 6.07) is 0. The van der Waals surface area contributed by atoms with Gasteiger partial charge >= 0.3 is 0 Å². The lowest BCUT2D eigenvalue weighted by Gasteiger charge is -2.11. The summed E-state index contributed by atoms with van der Waals surface area (Å²) >= 11 is 0. The van der Waals surface area contributed by atoms with Crippen molar-refractivity contribution in [1.82, 2.24) is 0 Å². The lowest BCUT2D eigenvalue weighted by molar-refractivity contribution is 0.452. The van der Waals surface area contributed by atoms with Crippen LogP contribution in [0.3, 0.4) is 0 Å². The standard InChI is InChI=1S/C19H38O2S/c1-3-5-6-7-8-9-10-11-12-13-14-15-16-19(4-2)17-18-22(20)21/h18-19H,3-17H2,1-2H3. The minimum Gasteiger partial charge on any atom is -0.185 e. The molecular weight excluding hydrogens is 292 g/mol. The summed E-state index contributed by atoms with van der Waals surface area (Å²) in [5.41, 5.74) is 0. The second-order valence-corrected chi connectivity index (χ2v) is 7.47. The van der Waals surface area contributed by atoms with Crippen molar-refractivity contribution in [2.24, 2.45) is 5.92 Å². The van der Waals surface area contributed by atoms with Crippen LogP contribution < -0.4 is 0 Å². The van der Waals surface area contributed by atoms with Gasteiger partial charge in [0.25, 0.3) is 0 Å². The molecule has 0 aromatic rings. The molecule has 3 heteroatoms. The van der Waals surface area contributed by atoms with Gasteiger partial charge in [-0.25, -0.2) is 0 Å². The largest absolute Gasteiger partial charge is 0.209 e. The lowest BCUT2D eigenvalue weighted by Crippen LogP contribution is -2.00. The Bertz CT molecular complexity index is 338. The van der Waals surface area contributed by atoms with Crippen molar-refractivity contribution in [3.05, 3.63) is 0 Å². The molecule has 0 aliphatic rings. The summed E-state index contributed by atoms with van der Waals surface area (Å²) in [6.07, 6.45) is 19.5. The Morgan fingerprint density at radius 3 is 1.59 bits per heavy atom. The molecule has 0 N–H and O–H groups in total. The van der Waals surface area contributed by atoms with Crippen LogP contribution in [0.5, 0.6) is 0 Å². The van der Waals surface area contributed by atoms with E-state index in [4.69, 9.17) is 0 Å². The normalized spacial score (nSPS) is 12.3. The third-order valence-electron chi connectivity index (χ3n) is 4.61. The van der Waals surface area contributed by atoms with Gasteiger partial charge < -0.3 is 0 Å². The zero-order valence-corrected chi connectivity index (χ0v) is 15.8. The van der Waals surface area contributed by atoms with Crippen molar-refractivity contribution in [3.63, 3.8) is 0 Å². The molecule has 0 aromatic heterocycles. The van der Waals surface area contributed by atoms with Crippen LogP contribution in [0.2, 0.25) is 0 Å². The van der Waals surface area contributed by atoms with E-state index in [1.54, 1.807) is 0 Å². The molecule has 0 bridgehead atoms. The summed E-state index contributed by atoms with van der Waals surface area (Å²) in [5, 5.41) is 1.43. The molecule has 2 nitrogen and oxygen atoms in total. The van der Waals surface area contributed by atoms with E-state index in [2.05, 4.69) is 13.8 Å². The fraction of sp³-hybridized carbons (Fsp3) is 0.947. The van der Waals surface area contributed by atoms with E-state index in [1.165, 1.54) is 88.8 Å². The molecule has 0 heterocycles. The van der Waals surface area contributed by atoms with Crippen molar-refractivity contribution in [2.45, 2.75) is 110 Å². The Balaban J connectivity index is 3.30. The SMILES string of the molecule is CCCCCCCCCCCCCCC(CC)CC=S(=O)=O. The maximum atomic E-state index is 10.5. The summed E-state index contributed by atoms with van der Waals surface area (Å²) in [7, 11) is -1.98. The Morgan fingerprint density at radius 2 is 1.18 bits per heavy atom. The lowest BCUT2D eigenvalue weighted by atomic mass is 9.95. The van der Waals surface area contributed by atoms with Crippen LogP contribution in [0, 0.1) is 5.92 Å². The second kappa shape index (κ2) is 17.1. The molecule has 0 aliphatic carbocycles. The molecule has 0 aromatic carbocycles. The van der Waals surface area contributed by atoms with E-state index in [9.17, 15) is 8.42 Å². The topological polar surface area (TPSA) is 34.1 Å². The van der Waals surface area contributed by atoms with Gasteiger partial charge in [0, 0.05) is 5.37 Å². The van der Waals surface area contributed by atoms with Crippen LogP contribution in [0.25, 0.3) is 0 Å². The molecule has 1 atom stereocenters. The highest BCUT2D eigenvalue weighted by Crippen LogP contribution is 2.18. The fourth-order valence-corrected chi connectivity index (χ4v) is 3.41. The monoisotopic (exact) mass is 330 g/mol. The van der Waals surface area contributed by atoms with Crippen LogP contribution in [-0.4, -0.2) is 13.8 Å². The first kappa shape index (κ1) is 21.7. The van der Waals surface area contributed by atoms with Gasteiger partial charge in [-0.3, -0.25) is 0 Å². The van der Waals surface area contributed by atoms with Crippen LogP contribution in [0.1, 0.15) is 110 Å². The van der Waals surface area contributed by atoms with Crippen molar-refractivity contribution in [1.29, 1.82) is 0 Å². The Morgan fingerprint density at radius 1 is 0.727 bits per heavy atom.